The molecule has 0 aromatic heterocycles. The van der Waals surface area contributed by atoms with Crippen LogP contribution < -0.4 is 0 Å². The topological polar surface area (TPSA) is 50.1 Å². The van der Waals surface area contributed by atoms with Gasteiger partial charge in [0.2, 0.25) is 0 Å². The van der Waals surface area contributed by atoms with Crippen LogP contribution in [0.25, 0.3) is 10.8 Å². The van der Waals surface area contributed by atoms with Gasteiger partial charge in [-0.2, -0.15) is 5.26 Å². The van der Waals surface area contributed by atoms with Gasteiger partial charge in [0.1, 0.15) is 6.61 Å². The molecule has 106 valence electrons. The zero-order chi connectivity index (χ0) is 15.4. The summed E-state index contributed by atoms with van der Waals surface area (Å²) >= 11 is 0. The summed E-state index contributed by atoms with van der Waals surface area (Å²) in [5.74, 6) is -0.352. The van der Waals surface area contributed by atoms with Crippen molar-refractivity contribution in [3.63, 3.8) is 0 Å². The molecular formula is C19H13NO2. The molecular weight excluding hydrogens is 274 g/mol. The van der Waals surface area contributed by atoms with Gasteiger partial charge in [-0.25, -0.2) is 4.79 Å². The molecule has 0 amide bonds. The van der Waals surface area contributed by atoms with Crippen molar-refractivity contribution in [3.8, 4) is 6.07 Å². The highest BCUT2D eigenvalue weighted by Gasteiger charge is 2.08. The maximum absolute atomic E-state index is 12.1. The van der Waals surface area contributed by atoms with E-state index >= 15 is 0 Å². The van der Waals surface area contributed by atoms with Crippen LogP contribution in [0.2, 0.25) is 0 Å². The number of hydrogen-bond acceptors (Lipinski definition) is 3. The minimum Gasteiger partial charge on any atom is -0.457 e. The van der Waals surface area contributed by atoms with Crippen LogP contribution in [0.1, 0.15) is 21.5 Å². The third-order valence-electron chi connectivity index (χ3n) is 3.44. The van der Waals surface area contributed by atoms with E-state index < -0.39 is 0 Å². The maximum Gasteiger partial charge on any atom is 0.338 e. The predicted octanol–water partition coefficient (Wildman–Crippen LogP) is 4.07. The average molecular weight is 287 g/mol. The highest BCUT2D eigenvalue weighted by Crippen LogP contribution is 2.16. The van der Waals surface area contributed by atoms with Gasteiger partial charge in [-0.15, -0.1) is 0 Å². The van der Waals surface area contributed by atoms with E-state index in [4.69, 9.17) is 10.00 Å². The zero-order valence-corrected chi connectivity index (χ0v) is 11.8. The molecule has 0 radical (unpaired) electrons. The van der Waals surface area contributed by atoms with E-state index in [0.717, 1.165) is 16.3 Å². The van der Waals surface area contributed by atoms with Gasteiger partial charge >= 0.3 is 5.97 Å². The number of nitriles is 1. The molecule has 0 unspecified atom stereocenters. The van der Waals surface area contributed by atoms with Crippen molar-refractivity contribution < 1.29 is 9.53 Å². The Bertz CT molecular complexity index is 860. The molecule has 0 saturated carbocycles. The number of rotatable bonds is 3. The summed E-state index contributed by atoms with van der Waals surface area (Å²) in [6, 6.07) is 22.4. The second-order valence-electron chi connectivity index (χ2n) is 4.95. The van der Waals surface area contributed by atoms with Gasteiger partial charge < -0.3 is 4.74 Å². The lowest BCUT2D eigenvalue weighted by Gasteiger charge is -2.06. The first-order valence-corrected chi connectivity index (χ1v) is 6.91. The Hall–Kier alpha value is -3.12. The molecule has 3 rings (SSSR count). The number of ether oxygens (including phenoxy) is 1. The fourth-order valence-corrected chi connectivity index (χ4v) is 2.22. The lowest BCUT2D eigenvalue weighted by molar-refractivity contribution is 0.0473. The molecule has 22 heavy (non-hydrogen) atoms. The maximum atomic E-state index is 12.1. The van der Waals surface area contributed by atoms with Crippen LogP contribution in [0.15, 0.2) is 66.7 Å². The first kappa shape index (κ1) is 13.8. The number of hydrogen-bond donors (Lipinski definition) is 0. The molecule has 3 heteroatoms. The molecule has 0 aliphatic rings. The summed E-state index contributed by atoms with van der Waals surface area (Å²) in [5, 5.41) is 10.8. The third-order valence-corrected chi connectivity index (χ3v) is 3.44. The Balaban J connectivity index is 1.71. The molecule has 0 atom stereocenters. The van der Waals surface area contributed by atoms with Gasteiger partial charge in [0.25, 0.3) is 0 Å². The summed E-state index contributed by atoms with van der Waals surface area (Å²) in [4.78, 5) is 12.1. The highest BCUT2D eigenvalue weighted by atomic mass is 16.5. The Morgan fingerprint density at radius 3 is 2.41 bits per heavy atom. The van der Waals surface area contributed by atoms with Crippen molar-refractivity contribution in [2.75, 3.05) is 0 Å². The van der Waals surface area contributed by atoms with Crippen LogP contribution in [0, 0.1) is 11.3 Å². The second kappa shape index (κ2) is 6.11. The van der Waals surface area contributed by atoms with E-state index in [-0.39, 0.29) is 12.6 Å². The Morgan fingerprint density at radius 1 is 0.955 bits per heavy atom. The van der Waals surface area contributed by atoms with Gasteiger partial charge in [0.15, 0.2) is 0 Å². The van der Waals surface area contributed by atoms with Gasteiger partial charge in [-0.3, -0.25) is 0 Å². The van der Waals surface area contributed by atoms with Crippen LogP contribution >= 0.6 is 0 Å². The van der Waals surface area contributed by atoms with Gasteiger partial charge in [-0.05, 0) is 40.6 Å². The predicted molar refractivity (Wildman–Crippen MR) is 84.2 cm³/mol. The number of esters is 1. The van der Waals surface area contributed by atoms with Crippen LogP contribution in [0.3, 0.4) is 0 Å². The van der Waals surface area contributed by atoms with Crippen molar-refractivity contribution in [2.45, 2.75) is 6.61 Å². The van der Waals surface area contributed by atoms with E-state index in [1.165, 1.54) is 0 Å². The first-order chi connectivity index (χ1) is 10.8. The van der Waals surface area contributed by atoms with Crippen LogP contribution in [0.5, 0.6) is 0 Å². The fraction of sp³-hybridized carbons (Fsp3) is 0.0526. The molecule has 0 fully saturated rings. The van der Waals surface area contributed by atoms with Crippen molar-refractivity contribution in [3.05, 3.63) is 83.4 Å². The van der Waals surface area contributed by atoms with Crippen molar-refractivity contribution in [1.29, 1.82) is 5.26 Å². The molecule has 0 aliphatic carbocycles. The molecule has 0 bridgehead atoms. The smallest absolute Gasteiger partial charge is 0.338 e. The Kier molecular flexibility index (Phi) is 3.84. The number of carbonyl (C=O) groups is 1. The number of carbonyl (C=O) groups excluding carboxylic acids is 1. The molecule has 0 heterocycles. The SMILES string of the molecule is N#Cc1ccc(COC(=O)c2ccc3ccccc3c2)cc1. The minimum atomic E-state index is -0.352. The quantitative estimate of drug-likeness (QED) is 0.682. The lowest BCUT2D eigenvalue weighted by atomic mass is 10.1. The van der Waals surface area contributed by atoms with Gasteiger partial charge in [0, 0.05) is 0 Å². The largest absolute Gasteiger partial charge is 0.457 e. The van der Waals surface area contributed by atoms with E-state index in [0.29, 0.717) is 11.1 Å². The van der Waals surface area contributed by atoms with Crippen molar-refractivity contribution in [2.24, 2.45) is 0 Å². The van der Waals surface area contributed by atoms with Gasteiger partial charge in [0.05, 0.1) is 17.2 Å². The minimum absolute atomic E-state index is 0.192. The highest BCUT2D eigenvalue weighted by molar-refractivity contribution is 5.95. The molecule has 0 spiro atoms. The number of nitrogens with zero attached hydrogens (tertiary/aromatic N) is 1. The van der Waals surface area contributed by atoms with Crippen molar-refractivity contribution in [1.82, 2.24) is 0 Å². The number of benzene rings is 3. The standard InChI is InChI=1S/C19H13NO2/c20-12-14-5-7-15(8-6-14)13-22-19(21)18-10-9-16-3-1-2-4-17(16)11-18/h1-11H,13H2. The van der Waals surface area contributed by atoms with Crippen LogP contribution in [0.4, 0.5) is 0 Å². The molecule has 0 saturated heterocycles. The fourth-order valence-electron chi connectivity index (χ4n) is 2.22. The Morgan fingerprint density at radius 2 is 1.68 bits per heavy atom. The van der Waals surface area contributed by atoms with Crippen LogP contribution in [-0.2, 0) is 11.3 Å². The average Bonchev–Trinajstić information content (AvgIpc) is 2.59. The molecule has 3 aromatic rings. The van der Waals surface area contributed by atoms with Crippen molar-refractivity contribution >= 4 is 16.7 Å². The molecule has 3 nitrogen and oxygen atoms in total. The normalized spacial score (nSPS) is 10.1. The third kappa shape index (κ3) is 2.97. The monoisotopic (exact) mass is 287 g/mol. The van der Waals surface area contributed by atoms with Crippen LogP contribution in [-0.4, -0.2) is 5.97 Å². The lowest BCUT2D eigenvalue weighted by Crippen LogP contribution is -2.05. The van der Waals surface area contributed by atoms with E-state index in [1.807, 2.05) is 36.4 Å². The Labute approximate surface area is 128 Å². The summed E-state index contributed by atoms with van der Waals surface area (Å²) in [6.45, 7) is 0.192. The first-order valence-electron chi connectivity index (χ1n) is 6.91. The molecule has 0 N–H and O–H groups in total. The second-order valence-corrected chi connectivity index (χ2v) is 4.95. The molecule has 0 aliphatic heterocycles. The summed E-state index contributed by atoms with van der Waals surface area (Å²) < 4.78 is 5.31. The number of fused-ring (bicyclic) bond motifs is 1. The van der Waals surface area contributed by atoms with E-state index in [1.54, 1.807) is 30.3 Å². The van der Waals surface area contributed by atoms with E-state index in [9.17, 15) is 4.79 Å². The summed E-state index contributed by atoms with van der Waals surface area (Å²) in [7, 11) is 0. The van der Waals surface area contributed by atoms with Gasteiger partial charge in [-0.1, -0.05) is 42.5 Å². The zero-order valence-electron chi connectivity index (χ0n) is 11.8. The molecule has 3 aromatic carbocycles. The van der Waals surface area contributed by atoms with E-state index in [2.05, 4.69) is 6.07 Å². The summed E-state index contributed by atoms with van der Waals surface area (Å²) in [5.41, 5.74) is 1.98. The summed E-state index contributed by atoms with van der Waals surface area (Å²) in [6.07, 6.45) is 0.